The van der Waals surface area contributed by atoms with Gasteiger partial charge in [-0.3, -0.25) is 4.79 Å². The highest BCUT2D eigenvalue weighted by atomic mass is 32.2. The van der Waals surface area contributed by atoms with Crippen LogP contribution in [0.2, 0.25) is 0 Å². The average molecular weight is 409 g/mol. The van der Waals surface area contributed by atoms with Crippen molar-refractivity contribution >= 4 is 28.6 Å². The molecule has 152 valence electrons. The number of fused-ring (bicyclic) bond motifs is 1. The first kappa shape index (κ1) is 19.9. The highest BCUT2D eigenvalue weighted by molar-refractivity contribution is 7.99. The molecule has 0 radical (unpaired) electrons. The van der Waals surface area contributed by atoms with Crippen molar-refractivity contribution in [2.75, 3.05) is 7.11 Å². The number of rotatable bonds is 5. The van der Waals surface area contributed by atoms with Crippen LogP contribution in [0.4, 0.5) is 0 Å². The third-order valence-corrected chi connectivity index (χ3v) is 6.91. The van der Waals surface area contributed by atoms with Crippen molar-refractivity contribution < 1.29 is 9.53 Å². The molecule has 1 aromatic heterocycles. The summed E-state index contributed by atoms with van der Waals surface area (Å²) < 4.78 is 5.37. The molecule has 0 bridgehead atoms. The van der Waals surface area contributed by atoms with Gasteiger partial charge in [0.1, 0.15) is 11.4 Å². The summed E-state index contributed by atoms with van der Waals surface area (Å²) in [4.78, 5) is 18.6. The molecule has 2 N–H and O–H groups in total. The van der Waals surface area contributed by atoms with Gasteiger partial charge in [0.25, 0.3) is 5.91 Å². The first-order valence-corrected chi connectivity index (χ1v) is 11.1. The minimum absolute atomic E-state index is 0.0191. The van der Waals surface area contributed by atoms with Gasteiger partial charge in [-0.15, -0.1) is 0 Å². The van der Waals surface area contributed by atoms with E-state index in [-0.39, 0.29) is 11.9 Å². The summed E-state index contributed by atoms with van der Waals surface area (Å²) in [7, 11) is 1.66. The zero-order chi connectivity index (χ0) is 20.4. The van der Waals surface area contributed by atoms with Gasteiger partial charge < -0.3 is 15.0 Å². The summed E-state index contributed by atoms with van der Waals surface area (Å²) in [6.07, 6.45) is 4.47. The van der Waals surface area contributed by atoms with Crippen LogP contribution >= 0.6 is 11.8 Å². The molecule has 4 nitrogen and oxygen atoms in total. The van der Waals surface area contributed by atoms with E-state index in [9.17, 15) is 4.79 Å². The Morgan fingerprint density at radius 2 is 1.83 bits per heavy atom. The van der Waals surface area contributed by atoms with E-state index in [1.54, 1.807) is 18.9 Å². The topological polar surface area (TPSA) is 54.1 Å². The number of aromatic amines is 1. The molecule has 0 aliphatic heterocycles. The van der Waals surface area contributed by atoms with Gasteiger partial charge in [0.05, 0.1) is 17.5 Å². The van der Waals surface area contributed by atoms with E-state index in [1.165, 1.54) is 18.4 Å². The summed E-state index contributed by atoms with van der Waals surface area (Å²) in [6, 6.07) is 14.6. The van der Waals surface area contributed by atoms with Gasteiger partial charge in [-0.05, 0) is 62.8 Å². The Kier molecular flexibility index (Phi) is 5.86. The predicted octanol–water partition coefficient (Wildman–Crippen LogP) is 5.94. The number of hydrogen-bond acceptors (Lipinski definition) is 3. The van der Waals surface area contributed by atoms with E-state index in [2.05, 4.69) is 48.4 Å². The zero-order valence-electron chi connectivity index (χ0n) is 17.2. The Labute approximate surface area is 176 Å². The average Bonchev–Trinajstić information content (AvgIpc) is 3.09. The van der Waals surface area contributed by atoms with Crippen LogP contribution in [0.15, 0.2) is 52.3 Å². The molecule has 4 rings (SSSR count). The number of methoxy groups -OCH3 is 1. The third-order valence-electron chi connectivity index (χ3n) is 5.78. The Hall–Kier alpha value is -2.40. The molecule has 0 atom stereocenters. The Morgan fingerprint density at radius 3 is 2.52 bits per heavy atom. The SMILES string of the molecule is COc1ccc2c(Sc3ccc(C)cc3)c(C(=O)NC3CCC(C)CC3)[nH]c2c1. The van der Waals surface area contributed by atoms with E-state index in [4.69, 9.17) is 4.74 Å². The lowest BCUT2D eigenvalue weighted by Gasteiger charge is -2.26. The minimum Gasteiger partial charge on any atom is -0.497 e. The van der Waals surface area contributed by atoms with E-state index in [0.29, 0.717) is 5.69 Å². The van der Waals surface area contributed by atoms with Crippen molar-refractivity contribution in [2.45, 2.75) is 55.4 Å². The maximum Gasteiger partial charge on any atom is 0.269 e. The smallest absolute Gasteiger partial charge is 0.269 e. The molecule has 1 aliphatic rings. The van der Waals surface area contributed by atoms with Crippen LogP contribution in [-0.2, 0) is 0 Å². The molecule has 1 fully saturated rings. The molecule has 0 saturated heterocycles. The summed E-state index contributed by atoms with van der Waals surface area (Å²) in [5, 5.41) is 4.31. The molecule has 1 saturated carbocycles. The summed E-state index contributed by atoms with van der Waals surface area (Å²) in [6.45, 7) is 4.37. The molecule has 3 aromatic rings. The van der Waals surface area contributed by atoms with Crippen molar-refractivity contribution in [3.05, 3.63) is 53.7 Å². The largest absolute Gasteiger partial charge is 0.497 e. The number of aromatic nitrogens is 1. The fourth-order valence-electron chi connectivity index (χ4n) is 3.93. The van der Waals surface area contributed by atoms with Crippen molar-refractivity contribution in [2.24, 2.45) is 5.92 Å². The van der Waals surface area contributed by atoms with E-state index in [0.717, 1.165) is 45.2 Å². The van der Waals surface area contributed by atoms with Crippen molar-refractivity contribution in [1.29, 1.82) is 0 Å². The van der Waals surface area contributed by atoms with Gasteiger partial charge in [-0.1, -0.05) is 36.4 Å². The van der Waals surface area contributed by atoms with Gasteiger partial charge in [0.15, 0.2) is 0 Å². The number of benzene rings is 2. The summed E-state index contributed by atoms with van der Waals surface area (Å²) in [5.41, 5.74) is 2.78. The molecule has 0 spiro atoms. The second kappa shape index (κ2) is 8.54. The van der Waals surface area contributed by atoms with Crippen LogP contribution in [0, 0.1) is 12.8 Å². The van der Waals surface area contributed by atoms with Crippen molar-refractivity contribution in [3.8, 4) is 5.75 Å². The number of carbonyl (C=O) groups is 1. The number of carbonyl (C=O) groups excluding carboxylic acids is 1. The fraction of sp³-hybridized carbons (Fsp3) is 0.375. The number of hydrogen-bond donors (Lipinski definition) is 2. The Balaban J connectivity index is 1.67. The molecule has 29 heavy (non-hydrogen) atoms. The second-order valence-electron chi connectivity index (χ2n) is 8.09. The first-order chi connectivity index (χ1) is 14.0. The van der Waals surface area contributed by atoms with Crippen LogP contribution in [0.25, 0.3) is 10.9 Å². The Morgan fingerprint density at radius 1 is 1.10 bits per heavy atom. The van der Waals surface area contributed by atoms with Crippen LogP contribution < -0.4 is 10.1 Å². The quantitative estimate of drug-likeness (QED) is 0.549. The van der Waals surface area contributed by atoms with Gasteiger partial charge in [0.2, 0.25) is 0 Å². The zero-order valence-corrected chi connectivity index (χ0v) is 18.1. The van der Waals surface area contributed by atoms with Crippen molar-refractivity contribution in [1.82, 2.24) is 10.3 Å². The lowest BCUT2D eigenvalue weighted by Crippen LogP contribution is -2.37. The molecule has 1 heterocycles. The maximum absolute atomic E-state index is 13.2. The van der Waals surface area contributed by atoms with Gasteiger partial charge >= 0.3 is 0 Å². The fourth-order valence-corrected chi connectivity index (χ4v) is 4.97. The van der Waals surface area contributed by atoms with Crippen LogP contribution in [0.5, 0.6) is 5.75 Å². The number of nitrogens with one attached hydrogen (secondary N) is 2. The highest BCUT2D eigenvalue weighted by Gasteiger charge is 2.24. The first-order valence-electron chi connectivity index (χ1n) is 10.3. The number of ether oxygens (including phenoxy) is 1. The molecule has 5 heteroatoms. The maximum atomic E-state index is 13.2. The van der Waals surface area contributed by atoms with Gasteiger partial charge in [-0.25, -0.2) is 0 Å². The number of H-pyrrole nitrogens is 1. The lowest BCUT2D eigenvalue weighted by atomic mass is 9.87. The Bertz CT molecular complexity index is 1000. The number of amides is 1. The van der Waals surface area contributed by atoms with Crippen LogP contribution in [0.1, 0.15) is 48.7 Å². The van der Waals surface area contributed by atoms with E-state index < -0.39 is 0 Å². The summed E-state index contributed by atoms with van der Waals surface area (Å²) >= 11 is 1.63. The van der Waals surface area contributed by atoms with Crippen LogP contribution in [-0.4, -0.2) is 24.0 Å². The van der Waals surface area contributed by atoms with Crippen molar-refractivity contribution in [3.63, 3.8) is 0 Å². The monoisotopic (exact) mass is 408 g/mol. The molecule has 1 amide bonds. The molecule has 1 aliphatic carbocycles. The third kappa shape index (κ3) is 4.45. The highest BCUT2D eigenvalue weighted by Crippen LogP contribution is 2.38. The predicted molar refractivity (Wildman–Crippen MR) is 119 cm³/mol. The molecule has 0 unspecified atom stereocenters. The second-order valence-corrected chi connectivity index (χ2v) is 9.17. The minimum atomic E-state index is -0.0191. The standard InChI is InChI=1S/C24H28N2O2S/c1-15-4-8-17(9-5-15)25-24(27)22-23(29-19-11-6-16(2)7-12-19)20-13-10-18(28-3)14-21(20)26-22/h6-7,10-15,17,26H,4-5,8-9H2,1-3H3,(H,25,27). The van der Waals surface area contributed by atoms with Gasteiger partial charge in [0, 0.05) is 22.4 Å². The normalized spacial score (nSPS) is 19.3. The lowest BCUT2D eigenvalue weighted by molar-refractivity contribution is 0.0916. The molecular weight excluding hydrogens is 380 g/mol. The van der Waals surface area contributed by atoms with Crippen LogP contribution in [0.3, 0.4) is 0 Å². The van der Waals surface area contributed by atoms with E-state index >= 15 is 0 Å². The number of aryl methyl sites for hydroxylation is 1. The molecular formula is C24H28N2O2S. The summed E-state index contributed by atoms with van der Waals surface area (Å²) in [5.74, 6) is 1.52. The molecule has 2 aromatic carbocycles. The van der Waals surface area contributed by atoms with Gasteiger partial charge in [-0.2, -0.15) is 0 Å². The van der Waals surface area contributed by atoms with E-state index in [1.807, 2.05) is 18.2 Å².